The zero-order valence-corrected chi connectivity index (χ0v) is 12.2. The Morgan fingerprint density at radius 2 is 2.09 bits per heavy atom. The molecule has 0 saturated carbocycles. The molecule has 2 aromatic carbocycles. The number of amides is 1. The van der Waals surface area contributed by atoms with Crippen LogP contribution in [-0.2, 0) is 0 Å². The van der Waals surface area contributed by atoms with E-state index in [-0.39, 0.29) is 11.7 Å². The summed E-state index contributed by atoms with van der Waals surface area (Å²) in [5.74, 6) is -0.571. The molecule has 3 aromatic rings. The van der Waals surface area contributed by atoms with Crippen LogP contribution < -0.4 is 16.4 Å². The second kappa shape index (κ2) is 5.10. The summed E-state index contributed by atoms with van der Waals surface area (Å²) in [6.45, 7) is 0.952. The van der Waals surface area contributed by atoms with E-state index in [2.05, 4.69) is 15.6 Å². The van der Waals surface area contributed by atoms with Crippen molar-refractivity contribution in [2.45, 2.75) is 0 Å². The molecule has 1 aromatic heterocycles. The highest BCUT2D eigenvalue weighted by Crippen LogP contribution is 2.43. The maximum atomic E-state index is 14.4. The smallest absolute Gasteiger partial charge is 0.257 e. The first-order chi connectivity index (χ1) is 11.2. The van der Waals surface area contributed by atoms with Gasteiger partial charge in [0.25, 0.3) is 5.91 Å². The van der Waals surface area contributed by atoms with Crippen LogP contribution in [0.3, 0.4) is 0 Å². The van der Waals surface area contributed by atoms with Gasteiger partial charge in [-0.15, -0.1) is 0 Å². The van der Waals surface area contributed by atoms with Gasteiger partial charge < -0.3 is 21.4 Å². The van der Waals surface area contributed by atoms with Crippen LogP contribution in [0, 0.1) is 5.82 Å². The lowest BCUT2D eigenvalue weighted by Crippen LogP contribution is -2.14. The summed E-state index contributed by atoms with van der Waals surface area (Å²) in [5, 5.41) is 7.02. The van der Waals surface area contributed by atoms with E-state index in [1.807, 2.05) is 18.3 Å². The first-order valence-corrected chi connectivity index (χ1v) is 7.38. The molecule has 0 radical (unpaired) electrons. The first-order valence-electron chi connectivity index (χ1n) is 7.38. The van der Waals surface area contributed by atoms with Gasteiger partial charge in [-0.05, 0) is 35.4 Å². The molecule has 0 unspecified atom stereocenters. The van der Waals surface area contributed by atoms with Gasteiger partial charge in [-0.25, -0.2) is 4.39 Å². The number of rotatable bonds is 4. The predicted molar refractivity (Wildman–Crippen MR) is 89.2 cm³/mol. The number of halogens is 1. The van der Waals surface area contributed by atoms with Crippen LogP contribution in [0.1, 0.15) is 10.4 Å². The molecule has 5 nitrogen and oxygen atoms in total. The second-order valence-electron chi connectivity index (χ2n) is 5.46. The van der Waals surface area contributed by atoms with Crippen LogP contribution in [0.2, 0.25) is 0 Å². The number of carbonyl (C=O) groups is 1. The van der Waals surface area contributed by atoms with Gasteiger partial charge in [0.1, 0.15) is 5.82 Å². The first kappa shape index (κ1) is 13.8. The lowest BCUT2D eigenvalue weighted by atomic mass is 9.94. The van der Waals surface area contributed by atoms with Crippen molar-refractivity contribution in [1.82, 2.24) is 4.98 Å². The number of aromatic nitrogens is 1. The van der Waals surface area contributed by atoms with E-state index in [1.54, 1.807) is 12.3 Å². The van der Waals surface area contributed by atoms with Gasteiger partial charge >= 0.3 is 0 Å². The molecule has 1 aliphatic rings. The number of benzene rings is 2. The zero-order valence-electron chi connectivity index (χ0n) is 12.2. The third kappa shape index (κ3) is 1.99. The van der Waals surface area contributed by atoms with Crippen LogP contribution >= 0.6 is 0 Å². The predicted octanol–water partition coefficient (Wildman–Crippen LogP) is 2.91. The van der Waals surface area contributed by atoms with Crippen molar-refractivity contribution in [3.63, 3.8) is 0 Å². The van der Waals surface area contributed by atoms with Crippen LogP contribution in [0.4, 0.5) is 15.8 Å². The molecule has 23 heavy (non-hydrogen) atoms. The molecule has 0 saturated heterocycles. The van der Waals surface area contributed by atoms with Crippen LogP contribution in [0.25, 0.3) is 21.9 Å². The number of hydrogen-bond donors (Lipinski definition) is 4. The highest BCUT2D eigenvalue weighted by Gasteiger charge is 2.28. The van der Waals surface area contributed by atoms with Gasteiger partial charge in [0.2, 0.25) is 0 Å². The van der Waals surface area contributed by atoms with Crippen molar-refractivity contribution >= 4 is 28.1 Å². The standard InChI is InChI=1S/C17H15FN4O/c18-11-1-2-12-16-14(17(23)22-12)10(9-3-5-20-8-9)7-13(15(11)16)21-6-4-19/h1-3,5,7-8,20-21H,4,6,19H2,(H,22,23). The molecular formula is C17H15FN4O. The van der Waals surface area contributed by atoms with E-state index in [4.69, 9.17) is 5.73 Å². The van der Waals surface area contributed by atoms with Gasteiger partial charge in [0.15, 0.2) is 0 Å². The molecule has 0 aliphatic carbocycles. The summed E-state index contributed by atoms with van der Waals surface area (Å²) < 4.78 is 14.4. The lowest BCUT2D eigenvalue weighted by molar-refractivity contribution is 0.103. The largest absolute Gasteiger partial charge is 0.383 e. The minimum Gasteiger partial charge on any atom is -0.383 e. The van der Waals surface area contributed by atoms with E-state index in [0.29, 0.717) is 40.8 Å². The number of carbonyl (C=O) groups excluding carboxylic acids is 1. The van der Waals surface area contributed by atoms with E-state index in [0.717, 1.165) is 11.1 Å². The van der Waals surface area contributed by atoms with Gasteiger partial charge in [-0.1, -0.05) is 0 Å². The summed E-state index contributed by atoms with van der Waals surface area (Å²) >= 11 is 0. The minimum absolute atomic E-state index is 0.211. The summed E-state index contributed by atoms with van der Waals surface area (Å²) in [6, 6.07) is 6.67. The average molecular weight is 310 g/mol. The van der Waals surface area contributed by atoms with Crippen LogP contribution in [-0.4, -0.2) is 24.0 Å². The fourth-order valence-electron chi connectivity index (χ4n) is 3.11. The Morgan fingerprint density at radius 1 is 1.22 bits per heavy atom. The summed E-state index contributed by atoms with van der Waals surface area (Å²) in [6.07, 6.45) is 3.60. The molecule has 0 atom stereocenters. The van der Waals surface area contributed by atoms with Crippen LogP contribution in [0.15, 0.2) is 36.7 Å². The Bertz CT molecular complexity index is 918. The maximum absolute atomic E-state index is 14.4. The van der Waals surface area contributed by atoms with Crippen molar-refractivity contribution in [2.75, 3.05) is 23.7 Å². The summed E-state index contributed by atoms with van der Waals surface area (Å²) in [7, 11) is 0. The molecule has 0 spiro atoms. The molecule has 1 aliphatic heterocycles. The molecule has 2 heterocycles. The van der Waals surface area contributed by atoms with Crippen molar-refractivity contribution in [3.05, 3.63) is 48.0 Å². The maximum Gasteiger partial charge on any atom is 0.257 e. The zero-order chi connectivity index (χ0) is 16.0. The van der Waals surface area contributed by atoms with Gasteiger partial charge in [0, 0.05) is 47.6 Å². The Labute approximate surface area is 131 Å². The molecule has 0 fully saturated rings. The van der Waals surface area contributed by atoms with E-state index in [1.165, 1.54) is 6.07 Å². The highest BCUT2D eigenvalue weighted by molar-refractivity contribution is 6.28. The lowest BCUT2D eigenvalue weighted by Gasteiger charge is -2.14. The Kier molecular flexibility index (Phi) is 3.06. The fourth-order valence-corrected chi connectivity index (χ4v) is 3.11. The molecule has 0 bridgehead atoms. The monoisotopic (exact) mass is 310 g/mol. The van der Waals surface area contributed by atoms with Gasteiger partial charge in [-0.3, -0.25) is 4.79 Å². The Hall–Kier alpha value is -2.86. The van der Waals surface area contributed by atoms with Crippen molar-refractivity contribution in [1.29, 1.82) is 0 Å². The summed E-state index contributed by atoms with van der Waals surface area (Å²) in [5.41, 5.74) is 8.98. The molecule has 116 valence electrons. The van der Waals surface area contributed by atoms with E-state index < -0.39 is 0 Å². The molecule has 6 heteroatoms. The molecule has 4 rings (SSSR count). The van der Waals surface area contributed by atoms with Crippen molar-refractivity contribution in [2.24, 2.45) is 5.73 Å². The van der Waals surface area contributed by atoms with Crippen LogP contribution in [0.5, 0.6) is 0 Å². The van der Waals surface area contributed by atoms with E-state index in [9.17, 15) is 9.18 Å². The number of nitrogens with two attached hydrogens (primary N) is 1. The normalized spacial score (nSPS) is 12.7. The number of H-pyrrole nitrogens is 1. The SMILES string of the molecule is NCCNc1cc(-c2cc[nH]c2)c2c3c(ccc(F)c13)NC2=O. The number of anilines is 2. The highest BCUT2D eigenvalue weighted by atomic mass is 19.1. The Morgan fingerprint density at radius 3 is 2.83 bits per heavy atom. The Balaban J connectivity index is 2.09. The topological polar surface area (TPSA) is 82.9 Å². The quantitative estimate of drug-likeness (QED) is 0.598. The molecular weight excluding hydrogens is 295 g/mol. The fraction of sp³-hybridized carbons (Fsp3) is 0.118. The molecule has 5 N–H and O–H groups in total. The second-order valence-corrected chi connectivity index (χ2v) is 5.46. The number of hydrogen-bond acceptors (Lipinski definition) is 3. The average Bonchev–Trinajstić information content (AvgIpc) is 3.18. The van der Waals surface area contributed by atoms with Gasteiger partial charge in [-0.2, -0.15) is 0 Å². The minimum atomic E-state index is -0.360. The van der Waals surface area contributed by atoms with Crippen molar-refractivity contribution < 1.29 is 9.18 Å². The molecule has 1 amide bonds. The van der Waals surface area contributed by atoms with Gasteiger partial charge in [0.05, 0.1) is 5.56 Å². The van der Waals surface area contributed by atoms with Crippen molar-refractivity contribution in [3.8, 4) is 11.1 Å². The number of aromatic amines is 1. The third-order valence-electron chi connectivity index (χ3n) is 4.08. The van der Waals surface area contributed by atoms with E-state index >= 15 is 0 Å². The third-order valence-corrected chi connectivity index (χ3v) is 4.08. The summed E-state index contributed by atoms with van der Waals surface area (Å²) in [4.78, 5) is 15.4. The number of nitrogens with one attached hydrogen (secondary N) is 3.